The van der Waals surface area contributed by atoms with Crippen LogP contribution in [0.5, 0.6) is 0 Å². The van der Waals surface area contributed by atoms with E-state index in [9.17, 15) is 0 Å². The zero-order valence-electron chi connectivity index (χ0n) is 31.3. The smallest absolute Gasteiger partial charge is 0.110 e. The van der Waals surface area contributed by atoms with Crippen LogP contribution < -0.4 is 0 Å². The summed E-state index contributed by atoms with van der Waals surface area (Å²) >= 11 is 11.7. The number of fused-ring (bicyclic) bond motifs is 2. The summed E-state index contributed by atoms with van der Waals surface area (Å²) in [6.45, 7) is 26.5. The molecule has 50 heavy (non-hydrogen) atoms. The van der Waals surface area contributed by atoms with Crippen LogP contribution in [0.1, 0.15) is 116 Å². The van der Waals surface area contributed by atoms with Gasteiger partial charge in [0.2, 0.25) is 0 Å². The van der Waals surface area contributed by atoms with Gasteiger partial charge in [-0.05, 0) is 119 Å². The maximum atomic E-state index is 6.30. The van der Waals surface area contributed by atoms with Gasteiger partial charge in [0, 0.05) is 60.0 Å². The van der Waals surface area contributed by atoms with Crippen molar-refractivity contribution in [2.24, 2.45) is 0 Å². The van der Waals surface area contributed by atoms with Crippen molar-refractivity contribution in [2.75, 3.05) is 0 Å². The van der Waals surface area contributed by atoms with E-state index < -0.39 is 0 Å². The summed E-state index contributed by atoms with van der Waals surface area (Å²) in [4.78, 5) is 5.97. The van der Waals surface area contributed by atoms with Crippen molar-refractivity contribution in [1.82, 2.24) is 0 Å². The Balaban J connectivity index is 1.38. The molecule has 264 valence electrons. The zero-order chi connectivity index (χ0) is 35.9. The van der Waals surface area contributed by atoms with Gasteiger partial charge in [-0.2, -0.15) is 11.3 Å². The normalized spacial score (nSPS) is 15.7. The van der Waals surface area contributed by atoms with E-state index in [-0.39, 0.29) is 27.1 Å². The van der Waals surface area contributed by atoms with Crippen LogP contribution in [0.15, 0.2) is 68.6 Å². The Bertz CT molecular complexity index is 2200. The molecule has 0 aliphatic carbocycles. The lowest BCUT2D eigenvalue weighted by Crippen LogP contribution is -2.56. The summed E-state index contributed by atoms with van der Waals surface area (Å²) in [5.41, 5.74) is 5.36. The van der Waals surface area contributed by atoms with E-state index >= 15 is 0 Å². The van der Waals surface area contributed by atoms with Gasteiger partial charge in [-0.3, -0.25) is 0 Å². The Kier molecular flexibility index (Phi) is 9.34. The topological polar surface area (TPSA) is 13.1 Å². The molecule has 7 rings (SSSR count). The van der Waals surface area contributed by atoms with E-state index in [1.54, 1.807) is 10.4 Å². The van der Waals surface area contributed by atoms with Crippen LogP contribution in [0.25, 0.3) is 18.8 Å². The molecule has 0 radical (unpaired) electrons. The van der Waals surface area contributed by atoms with Crippen LogP contribution in [0.4, 0.5) is 0 Å². The Morgan fingerprint density at radius 3 is 2.16 bits per heavy atom. The van der Waals surface area contributed by atoms with E-state index in [0.29, 0.717) is 0 Å². The van der Waals surface area contributed by atoms with Gasteiger partial charge in [-0.1, -0.05) is 62.3 Å². The predicted molar refractivity (Wildman–Crippen MR) is 228 cm³/mol. The molecule has 2 atom stereocenters. The Hall–Kier alpha value is -2.00. The fourth-order valence-corrected chi connectivity index (χ4v) is 15.3. The molecular formula is C43H50OS6. The van der Waals surface area contributed by atoms with Crippen molar-refractivity contribution in [3.05, 3.63) is 112 Å². The maximum absolute atomic E-state index is 6.30. The highest BCUT2D eigenvalue weighted by atomic mass is 32.1. The largest absolute Gasteiger partial charge is 0.469 e. The first-order chi connectivity index (χ1) is 23.5. The molecule has 7 heterocycles. The van der Waals surface area contributed by atoms with Gasteiger partial charge in [0.25, 0.3) is 0 Å². The summed E-state index contributed by atoms with van der Waals surface area (Å²) in [6, 6.07) is 13.9. The predicted octanol–water partition coefficient (Wildman–Crippen LogP) is 15.2. The highest BCUT2D eigenvalue weighted by Gasteiger charge is 2.58. The summed E-state index contributed by atoms with van der Waals surface area (Å²) in [5, 5.41) is 9.31. The quantitative estimate of drug-likeness (QED) is 0.128. The number of furan rings is 1. The van der Waals surface area contributed by atoms with Crippen LogP contribution in [-0.4, -0.2) is 0 Å². The average Bonchev–Trinajstić information content (AvgIpc) is 3.88. The molecular weight excluding hydrogens is 725 g/mol. The van der Waals surface area contributed by atoms with Crippen molar-refractivity contribution in [3.8, 4) is 0 Å². The average molecular weight is 775 g/mol. The fraction of sp³-hybridized carbons (Fsp3) is 0.442. The summed E-state index contributed by atoms with van der Waals surface area (Å²) in [7, 11) is 0. The molecule has 1 nitrogen and oxygen atoms in total. The minimum absolute atomic E-state index is 0.0152. The van der Waals surface area contributed by atoms with Crippen LogP contribution in [0.3, 0.4) is 0 Å². The molecule has 2 unspecified atom stereocenters. The molecule has 0 aliphatic rings. The fourth-order valence-electron chi connectivity index (χ4n) is 8.25. The molecule has 0 spiro atoms. The van der Waals surface area contributed by atoms with E-state index in [4.69, 9.17) is 4.42 Å². The SMILES string of the molecule is Cc1sc2c(CCC(C)(c3cc4sccc4s3)C(C)(c3ccsc3)C(C)(C)c3ccco3)c(C(C)(C)Cc3csc(C(C)(C)C)c3)sc2c1C. The molecule has 0 amide bonds. The third-order valence-electron chi connectivity index (χ3n) is 11.9. The van der Waals surface area contributed by atoms with E-state index in [0.717, 1.165) is 25.0 Å². The minimum Gasteiger partial charge on any atom is -0.469 e. The van der Waals surface area contributed by atoms with Crippen molar-refractivity contribution >= 4 is 86.8 Å². The third kappa shape index (κ3) is 5.87. The molecule has 0 bridgehead atoms. The standard InChI is InChI=1S/C43H50OS6/c1-26-27(2)48-37-30(38(50-36(26)37)40(6,7)23-28-21-34(47-24-28)39(3,4)5)14-17-42(10,35-22-32-31(49-35)16-20-46-32)43(11,29-15-19-45-25-29)41(8,9)33-13-12-18-44-33/h12-13,15-16,18-22,24-25H,14,17,23H2,1-11H3. The monoisotopic (exact) mass is 774 g/mol. The molecule has 0 fully saturated rings. The summed E-state index contributed by atoms with van der Waals surface area (Å²) in [6.07, 6.45) is 4.97. The van der Waals surface area contributed by atoms with Crippen molar-refractivity contribution < 1.29 is 4.42 Å². The van der Waals surface area contributed by atoms with Crippen LogP contribution >= 0.6 is 68.0 Å². The number of rotatable bonds is 11. The molecule has 0 saturated heterocycles. The molecule has 7 aromatic rings. The highest BCUT2D eigenvalue weighted by Crippen LogP contribution is 2.60. The van der Waals surface area contributed by atoms with Gasteiger partial charge in [0.1, 0.15) is 5.76 Å². The van der Waals surface area contributed by atoms with Gasteiger partial charge in [0.05, 0.1) is 6.26 Å². The first-order valence-electron chi connectivity index (χ1n) is 17.6. The second-order valence-electron chi connectivity index (χ2n) is 16.8. The molecule has 7 heteroatoms. The minimum atomic E-state index is -0.282. The highest BCUT2D eigenvalue weighted by molar-refractivity contribution is 7.28. The number of thiophene rings is 6. The lowest BCUT2D eigenvalue weighted by Gasteiger charge is -2.55. The van der Waals surface area contributed by atoms with Crippen molar-refractivity contribution in [2.45, 2.75) is 122 Å². The summed E-state index contributed by atoms with van der Waals surface area (Å²) in [5.74, 6) is 1.05. The van der Waals surface area contributed by atoms with Gasteiger partial charge >= 0.3 is 0 Å². The lowest BCUT2D eigenvalue weighted by atomic mass is 9.48. The molecule has 0 aromatic carbocycles. The van der Waals surface area contributed by atoms with Gasteiger partial charge in [-0.15, -0.1) is 56.7 Å². The Morgan fingerprint density at radius 2 is 1.52 bits per heavy atom. The second-order valence-corrected chi connectivity index (χ2v) is 22.8. The van der Waals surface area contributed by atoms with E-state index in [2.05, 4.69) is 145 Å². The molecule has 0 saturated carbocycles. The number of aryl methyl sites for hydroxylation is 3. The van der Waals surface area contributed by atoms with Gasteiger partial charge < -0.3 is 4.42 Å². The summed E-state index contributed by atoms with van der Waals surface area (Å²) < 4.78 is 12.1. The van der Waals surface area contributed by atoms with Crippen molar-refractivity contribution in [3.63, 3.8) is 0 Å². The molecule has 0 aliphatic heterocycles. The maximum Gasteiger partial charge on any atom is 0.110 e. The lowest BCUT2D eigenvalue weighted by molar-refractivity contribution is 0.123. The van der Waals surface area contributed by atoms with Gasteiger partial charge in [0.15, 0.2) is 0 Å². The van der Waals surface area contributed by atoms with Crippen LogP contribution in [0.2, 0.25) is 0 Å². The number of hydrogen-bond donors (Lipinski definition) is 0. The third-order valence-corrected chi connectivity index (χ3v) is 19.4. The second kappa shape index (κ2) is 12.8. The van der Waals surface area contributed by atoms with Crippen molar-refractivity contribution in [1.29, 1.82) is 0 Å². The Morgan fingerprint density at radius 1 is 0.740 bits per heavy atom. The molecule has 0 N–H and O–H groups in total. The van der Waals surface area contributed by atoms with Crippen LogP contribution in [0, 0.1) is 13.8 Å². The van der Waals surface area contributed by atoms with Crippen LogP contribution in [-0.2, 0) is 39.9 Å². The first kappa shape index (κ1) is 36.4. The van der Waals surface area contributed by atoms with Gasteiger partial charge in [-0.25, -0.2) is 0 Å². The van der Waals surface area contributed by atoms with E-state index in [1.807, 2.05) is 62.9 Å². The zero-order valence-corrected chi connectivity index (χ0v) is 36.2. The number of hydrogen-bond acceptors (Lipinski definition) is 7. The van der Waals surface area contributed by atoms with E-state index in [1.165, 1.54) is 50.1 Å². The Labute approximate surface area is 323 Å². The molecule has 7 aromatic heterocycles. The first-order valence-corrected chi connectivity index (χ1v) is 22.8.